The number of aryl methyl sites for hydroxylation is 1. The molecule has 0 bridgehead atoms. The molecule has 1 amide bonds. The number of hydrogen-bond donors (Lipinski definition) is 1. The van der Waals surface area contributed by atoms with E-state index in [2.05, 4.69) is 0 Å². The summed E-state index contributed by atoms with van der Waals surface area (Å²) in [5.74, 6) is 0.639. The first-order valence-electron chi connectivity index (χ1n) is 11.2. The predicted octanol–water partition coefficient (Wildman–Crippen LogP) is 3.20. The van der Waals surface area contributed by atoms with Gasteiger partial charge in [0.2, 0.25) is 0 Å². The number of aliphatic hydroxyl groups is 1. The largest absolute Gasteiger partial charge is 0.484 e. The highest BCUT2D eigenvalue weighted by atomic mass is 16.5. The summed E-state index contributed by atoms with van der Waals surface area (Å²) in [6.07, 6.45) is 8.48. The van der Waals surface area contributed by atoms with Crippen molar-refractivity contribution in [3.05, 3.63) is 39.7 Å². The molecule has 0 unspecified atom stereocenters. The fraction of sp³-hybridized carbons (Fsp3) is 0.583. The average molecular weight is 411 g/mol. The van der Waals surface area contributed by atoms with Gasteiger partial charge in [0.05, 0.1) is 5.60 Å². The molecule has 3 aliphatic rings. The Morgan fingerprint density at radius 1 is 1.17 bits per heavy atom. The first-order valence-corrected chi connectivity index (χ1v) is 11.2. The van der Waals surface area contributed by atoms with Crippen LogP contribution in [0.15, 0.2) is 27.4 Å². The van der Waals surface area contributed by atoms with E-state index in [1.165, 1.54) is 0 Å². The Kier molecular flexibility index (Phi) is 5.05. The Morgan fingerprint density at radius 2 is 2.00 bits per heavy atom. The minimum atomic E-state index is -0.592. The van der Waals surface area contributed by atoms with Crippen molar-refractivity contribution < 1.29 is 19.1 Å². The van der Waals surface area contributed by atoms with Crippen LogP contribution in [0.5, 0.6) is 5.75 Å². The molecule has 1 saturated heterocycles. The number of carbonyl (C=O) groups is 1. The van der Waals surface area contributed by atoms with Crippen LogP contribution in [0.1, 0.15) is 56.1 Å². The van der Waals surface area contributed by atoms with Crippen LogP contribution in [-0.4, -0.2) is 41.2 Å². The molecule has 1 aromatic heterocycles. The Labute approximate surface area is 175 Å². The van der Waals surface area contributed by atoms with E-state index in [1.54, 1.807) is 6.07 Å². The highest BCUT2D eigenvalue weighted by Crippen LogP contribution is 2.39. The topological polar surface area (TPSA) is 80.0 Å². The van der Waals surface area contributed by atoms with Gasteiger partial charge in [0.25, 0.3) is 5.91 Å². The molecule has 0 spiro atoms. The molecule has 2 fully saturated rings. The van der Waals surface area contributed by atoms with Crippen molar-refractivity contribution >= 4 is 16.9 Å². The number of hydrogen-bond acceptors (Lipinski definition) is 5. The van der Waals surface area contributed by atoms with Gasteiger partial charge in [0, 0.05) is 36.0 Å². The predicted molar refractivity (Wildman–Crippen MR) is 113 cm³/mol. The SMILES string of the molecule is O=C(COc1ccc2c3c(c(=O)oc2c1)CCCC3)N1CC[C@]2(O)CCCC[C@@H]2C1. The third-order valence-electron chi connectivity index (χ3n) is 7.34. The Morgan fingerprint density at radius 3 is 2.87 bits per heavy atom. The number of benzene rings is 1. The van der Waals surface area contributed by atoms with Gasteiger partial charge in [0.15, 0.2) is 6.61 Å². The molecular formula is C24H29NO5. The van der Waals surface area contributed by atoms with Gasteiger partial charge in [-0.1, -0.05) is 12.8 Å². The lowest BCUT2D eigenvalue weighted by Crippen LogP contribution is -2.55. The van der Waals surface area contributed by atoms with E-state index in [1.807, 2.05) is 17.0 Å². The average Bonchev–Trinajstić information content (AvgIpc) is 2.77. The summed E-state index contributed by atoms with van der Waals surface area (Å²) in [6, 6.07) is 5.50. The lowest BCUT2D eigenvalue weighted by Gasteiger charge is -2.47. The maximum atomic E-state index is 12.7. The van der Waals surface area contributed by atoms with Crippen molar-refractivity contribution in [2.45, 2.75) is 63.4 Å². The van der Waals surface area contributed by atoms with Crippen LogP contribution >= 0.6 is 0 Å². The van der Waals surface area contributed by atoms with Crippen LogP contribution < -0.4 is 10.4 Å². The number of fused-ring (bicyclic) bond motifs is 4. The summed E-state index contributed by atoms with van der Waals surface area (Å²) >= 11 is 0. The summed E-state index contributed by atoms with van der Waals surface area (Å²) < 4.78 is 11.3. The minimum Gasteiger partial charge on any atom is -0.484 e. The third-order valence-corrected chi connectivity index (χ3v) is 7.34. The number of amides is 1. The molecule has 6 nitrogen and oxygen atoms in total. The molecule has 6 heteroatoms. The number of piperidine rings is 1. The Hall–Kier alpha value is -2.34. The molecule has 1 N–H and O–H groups in total. The Balaban J connectivity index is 1.27. The first kappa shape index (κ1) is 19.6. The van der Waals surface area contributed by atoms with Crippen LogP contribution in [0.25, 0.3) is 11.0 Å². The molecule has 2 aromatic rings. The van der Waals surface area contributed by atoms with Gasteiger partial charge in [-0.3, -0.25) is 4.79 Å². The van der Waals surface area contributed by atoms with Gasteiger partial charge in [-0.25, -0.2) is 4.79 Å². The fourth-order valence-electron chi connectivity index (χ4n) is 5.55. The van der Waals surface area contributed by atoms with Gasteiger partial charge in [-0.05, 0) is 62.6 Å². The maximum Gasteiger partial charge on any atom is 0.339 e. The van der Waals surface area contributed by atoms with Gasteiger partial charge in [-0.15, -0.1) is 0 Å². The van der Waals surface area contributed by atoms with Crippen molar-refractivity contribution in [2.75, 3.05) is 19.7 Å². The minimum absolute atomic E-state index is 0.0498. The number of nitrogens with zero attached hydrogens (tertiary/aromatic N) is 1. The van der Waals surface area contributed by atoms with E-state index >= 15 is 0 Å². The summed E-state index contributed by atoms with van der Waals surface area (Å²) in [5, 5.41) is 11.8. The zero-order chi connectivity index (χ0) is 20.7. The zero-order valence-corrected chi connectivity index (χ0v) is 17.3. The van der Waals surface area contributed by atoms with Crippen molar-refractivity contribution in [1.82, 2.24) is 4.90 Å². The van der Waals surface area contributed by atoms with Crippen molar-refractivity contribution in [1.29, 1.82) is 0 Å². The van der Waals surface area contributed by atoms with Gasteiger partial charge in [0.1, 0.15) is 11.3 Å². The molecule has 1 saturated carbocycles. The second kappa shape index (κ2) is 7.73. The van der Waals surface area contributed by atoms with Gasteiger partial charge < -0.3 is 19.2 Å². The van der Waals surface area contributed by atoms with Crippen molar-refractivity contribution in [3.8, 4) is 5.75 Å². The van der Waals surface area contributed by atoms with E-state index in [9.17, 15) is 14.7 Å². The molecule has 160 valence electrons. The second-order valence-electron chi connectivity index (χ2n) is 9.14. The summed E-state index contributed by atoms with van der Waals surface area (Å²) in [7, 11) is 0. The molecule has 30 heavy (non-hydrogen) atoms. The van der Waals surface area contributed by atoms with Crippen LogP contribution in [-0.2, 0) is 17.6 Å². The molecular weight excluding hydrogens is 382 g/mol. The van der Waals surface area contributed by atoms with Crippen molar-refractivity contribution in [2.24, 2.45) is 5.92 Å². The Bertz CT molecular complexity index is 1030. The van der Waals surface area contributed by atoms with Gasteiger partial charge >= 0.3 is 5.63 Å². The molecule has 1 aliphatic heterocycles. The monoisotopic (exact) mass is 411 g/mol. The fourth-order valence-corrected chi connectivity index (χ4v) is 5.55. The quantitative estimate of drug-likeness (QED) is 0.785. The van der Waals surface area contributed by atoms with E-state index in [0.29, 0.717) is 30.8 Å². The highest BCUT2D eigenvalue weighted by Gasteiger charge is 2.43. The molecule has 2 aliphatic carbocycles. The van der Waals surface area contributed by atoms with E-state index < -0.39 is 5.60 Å². The summed E-state index contributed by atoms with van der Waals surface area (Å²) in [6.45, 7) is 1.14. The summed E-state index contributed by atoms with van der Waals surface area (Å²) in [5.41, 5.74) is 1.59. The third kappa shape index (κ3) is 3.51. The summed E-state index contributed by atoms with van der Waals surface area (Å²) in [4.78, 5) is 26.8. The van der Waals surface area contributed by atoms with E-state index in [0.717, 1.165) is 67.9 Å². The lowest BCUT2D eigenvalue weighted by atomic mass is 9.71. The van der Waals surface area contributed by atoms with Crippen molar-refractivity contribution in [3.63, 3.8) is 0 Å². The second-order valence-corrected chi connectivity index (χ2v) is 9.14. The lowest BCUT2D eigenvalue weighted by molar-refractivity contribution is -0.145. The van der Waals surface area contributed by atoms with Crippen LogP contribution in [0.3, 0.4) is 0 Å². The van der Waals surface area contributed by atoms with Crippen LogP contribution in [0.2, 0.25) is 0 Å². The molecule has 5 rings (SSSR count). The molecule has 1 aromatic carbocycles. The first-order chi connectivity index (χ1) is 14.5. The maximum absolute atomic E-state index is 12.7. The van der Waals surface area contributed by atoms with Crippen LogP contribution in [0, 0.1) is 5.92 Å². The normalized spacial score (nSPS) is 26.2. The molecule has 2 heterocycles. The standard InChI is InChI=1S/C24H29NO5/c26-22(25-12-11-24(28)10-4-3-5-16(24)14-25)15-29-17-8-9-19-18-6-1-2-7-20(18)23(27)30-21(19)13-17/h8-9,13,16,28H,1-7,10-12,14-15H2/t16-,24-/m1/s1. The number of rotatable bonds is 3. The van der Waals surface area contributed by atoms with Gasteiger partial charge in [-0.2, -0.15) is 0 Å². The number of ether oxygens (including phenoxy) is 1. The highest BCUT2D eigenvalue weighted by molar-refractivity contribution is 5.83. The molecule has 2 atom stereocenters. The number of carbonyl (C=O) groups excluding carboxylic acids is 1. The van der Waals surface area contributed by atoms with E-state index in [4.69, 9.17) is 9.15 Å². The molecule has 0 radical (unpaired) electrons. The smallest absolute Gasteiger partial charge is 0.339 e. The van der Waals surface area contributed by atoms with Crippen LogP contribution in [0.4, 0.5) is 0 Å². The van der Waals surface area contributed by atoms with E-state index in [-0.39, 0.29) is 24.1 Å². The number of likely N-dealkylation sites (tertiary alicyclic amines) is 1. The zero-order valence-electron chi connectivity index (χ0n) is 17.3.